The second-order valence-electron chi connectivity index (χ2n) is 7.69. The van der Waals surface area contributed by atoms with E-state index in [0.717, 1.165) is 0 Å². The fourth-order valence-electron chi connectivity index (χ4n) is 4.78. The summed E-state index contributed by atoms with van der Waals surface area (Å²) in [7, 11) is 0. The molecule has 0 saturated carbocycles. The summed E-state index contributed by atoms with van der Waals surface area (Å²) in [6, 6.07) is -0.921. The lowest BCUT2D eigenvalue weighted by atomic mass is 9.70. The molecule has 3 saturated heterocycles. The van der Waals surface area contributed by atoms with Crippen molar-refractivity contribution in [2.45, 2.75) is 62.2 Å². The van der Waals surface area contributed by atoms with Crippen molar-refractivity contribution in [2.24, 2.45) is 11.8 Å². The maximum Gasteiger partial charge on any atom is 0.312 e. The zero-order chi connectivity index (χ0) is 19.9. The average Bonchev–Trinajstić information content (AvgIpc) is 3.16. The van der Waals surface area contributed by atoms with Crippen LogP contribution in [0.15, 0.2) is 0 Å². The number of esters is 1. The van der Waals surface area contributed by atoms with Crippen molar-refractivity contribution in [2.75, 3.05) is 19.8 Å². The highest BCUT2D eigenvalue weighted by Gasteiger charge is 2.76. The van der Waals surface area contributed by atoms with Crippen molar-refractivity contribution in [3.8, 4) is 0 Å². The molecular weight excluding hydrogens is 420 g/mol. The van der Waals surface area contributed by atoms with Crippen LogP contribution < -0.4 is 5.32 Å². The van der Waals surface area contributed by atoms with Crippen molar-refractivity contribution in [1.29, 1.82) is 0 Å². The Morgan fingerprint density at radius 3 is 2.78 bits per heavy atom. The van der Waals surface area contributed by atoms with Gasteiger partial charge >= 0.3 is 5.97 Å². The summed E-state index contributed by atoms with van der Waals surface area (Å²) in [4.78, 5) is 40.2. The third kappa shape index (κ3) is 3.17. The molecule has 0 aromatic heterocycles. The summed E-state index contributed by atoms with van der Waals surface area (Å²) in [5, 5.41) is 12.1. The maximum atomic E-state index is 13.3. The van der Waals surface area contributed by atoms with Gasteiger partial charge in [0.1, 0.15) is 11.6 Å². The molecule has 0 aliphatic carbocycles. The van der Waals surface area contributed by atoms with Crippen LogP contribution in [0.1, 0.15) is 33.6 Å². The van der Waals surface area contributed by atoms with Crippen LogP contribution in [0.5, 0.6) is 0 Å². The van der Waals surface area contributed by atoms with Crippen LogP contribution in [0.4, 0.5) is 0 Å². The van der Waals surface area contributed by atoms with Crippen LogP contribution in [0.2, 0.25) is 0 Å². The highest BCUT2D eigenvalue weighted by molar-refractivity contribution is 9.09. The molecule has 3 aliphatic heterocycles. The smallest absolute Gasteiger partial charge is 0.312 e. The van der Waals surface area contributed by atoms with Gasteiger partial charge in [-0.05, 0) is 33.6 Å². The van der Waals surface area contributed by atoms with Crippen LogP contribution in [-0.4, -0.2) is 76.2 Å². The van der Waals surface area contributed by atoms with E-state index in [1.54, 1.807) is 6.92 Å². The van der Waals surface area contributed by atoms with Gasteiger partial charge in [0.15, 0.2) is 0 Å². The summed E-state index contributed by atoms with van der Waals surface area (Å²) in [6.07, 6.45) is 0.327. The van der Waals surface area contributed by atoms with Gasteiger partial charge in [-0.15, -0.1) is 0 Å². The standard InChI is InChI=1S/C18H27BrN2O6/c1-4-26-17(25)11-12-16(24)21(6-5-7-22)14(15(23)20-9(2)3)18(12)8-10(19)13(11)27-18/h9-14,22H,4-8H2,1-3H3,(H,20,23)/t10?,11-,12+,13-,14-,18+/m1/s1. The third-order valence-corrected chi connectivity index (χ3v) is 6.43. The normalized spacial score (nSPS) is 37.0. The number of rotatable bonds is 7. The molecule has 2 N–H and O–H groups in total. The van der Waals surface area contributed by atoms with Crippen molar-refractivity contribution in [1.82, 2.24) is 10.2 Å². The molecule has 0 radical (unpaired) electrons. The van der Waals surface area contributed by atoms with Crippen LogP contribution in [0.25, 0.3) is 0 Å². The molecule has 3 heterocycles. The van der Waals surface area contributed by atoms with Crippen molar-refractivity contribution >= 4 is 33.7 Å². The van der Waals surface area contributed by atoms with E-state index in [2.05, 4.69) is 21.2 Å². The first-order valence-corrected chi connectivity index (χ1v) is 10.4. The van der Waals surface area contributed by atoms with Gasteiger partial charge in [0.2, 0.25) is 11.8 Å². The van der Waals surface area contributed by atoms with E-state index in [-0.39, 0.29) is 42.4 Å². The number of likely N-dealkylation sites (tertiary alicyclic amines) is 1. The molecule has 3 fully saturated rings. The molecule has 1 spiro atoms. The average molecular weight is 447 g/mol. The molecular formula is C18H27BrN2O6. The van der Waals surface area contributed by atoms with Crippen LogP contribution in [0.3, 0.4) is 0 Å². The third-order valence-electron chi connectivity index (χ3n) is 5.58. The molecule has 3 aliphatic rings. The van der Waals surface area contributed by atoms with Gasteiger partial charge in [-0.1, -0.05) is 15.9 Å². The van der Waals surface area contributed by atoms with E-state index in [1.165, 1.54) is 4.90 Å². The summed E-state index contributed by atoms with van der Waals surface area (Å²) in [6.45, 7) is 5.78. The molecule has 0 aromatic rings. The summed E-state index contributed by atoms with van der Waals surface area (Å²) >= 11 is 3.57. The number of nitrogens with zero attached hydrogens (tertiary/aromatic N) is 1. The van der Waals surface area contributed by atoms with Crippen LogP contribution in [0, 0.1) is 11.8 Å². The summed E-state index contributed by atoms with van der Waals surface area (Å²) < 4.78 is 11.4. The number of amides is 2. The van der Waals surface area contributed by atoms with E-state index in [1.807, 2.05) is 13.8 Å². The first-order chi connectivity index (χ1) is 12.8. The number of halogens is 1. The monoisotopic (exact) mass is 446 g/mol. The molecule has 2 bridgehead atoms. The first kappa shape index (κ1) is 20.5. The molecule has 9 heteroatoms. The summed E-state index contributed by atoms with van der Waals surface area (Å²) in [5.41, 5.74) is -1.05. The minimum absolute atomic E-state index is 0.0914. The Kier molecular flexibility index (Phi) is 5.84. The highest BCUT2D eigenvalue weighted by atomic mass is 79.9. The number of carbonyl (C=O) groups excluding carboxylic acids is 3. The molecule has 0 aromatic carbocycles. The zero-order valence-electron chi connectivity index (χ0n) is 15.8. The number of aliphatic hydroxyl groups excluding tert-OH is 1. The van der Waals surface area contributed by atoms with Gasteiger partial charge in [-0.25, -0.2) is 0 Å². The number of aliphatic hydroxyl groups is 1. The Bertz CT molecular complexity index is 629. The number of carbonyl (C=O) groups is 3. The number of fused-ring (bicyclic) bond motifs is 1. The molecule has 6 atom stereocenters. The Balaban J connectivity index is 2.00. The van der Waals surface area contributed by atoms with E-state index >= 15 is 0 Å². The predicted octanol–water partition coefficient (Wildman–Crippen LogP) is 0.205. The lowest BCUT2D eigenvalue weighted by molar-refractivity contribution is -0.154. The fraction of sp³-hybridized carbons (Fsp3) is 0.833. The lowest BCUT2D eigenvalue weighted by Crippen LogP contribution is -2.56. The first-order valence-electron chi connectivity index (χ1n) is 9.48. The predicted molar refractivity (Wildman–Crippen MR) is 99.0 cm³/mol. The van der Waals surface area contributed by atoms with Gasteiger partial charge in [-0.3, -0.25) is 14.4 Å². The van der Waals surface area contributed by atoms with Crippen molar-refractivity contribution < 1.29 is 29.0 Å². The SMILES string of the molecule is CCOC(=O)[C@H]1[C@@H]2O[C@@]3(CC2Br)[C@@H]1C(=O)N(CCCO)[C@@H]3C(=O)NC(C)C. The summed E-state index contributed by atoms with van der Waals surface area (Å²) in [5.74, 6) is -2.49. The molecule has 1 unspecified atom stereocenters. The number of hydrogen-bond donors (Lipinski definition) is 2. The molecule has 3 rings (SSSR count). The number of hydrogen-bond acceptors (Lipinski definition) is 6. The van der Waals surface area contributed by atoms with E-state index in [0.29, 0.717) is 12.8 Å². The second kappa shape index (κ2) is 7.67. The van der Waals surface area contributed by atoms with Gasteiger partial charge in [-0.2, -0.15) is 0 Å². The highest BCUT2D eigenvalue weighted by Crippen LogP contribution is 2.60. The topological polar surface area (TPSA) is 105 Å². The van der Waals surface area contributed by atoms with E-state index in [9.17, 15) is 19.5 Å². The molecule has 2 amide bonds. The lowest BCUT2D eigenvalue weighted by Gasteiger charge is -2.34. The molecule has 27 heavy (non-hydrogen) atoms. The van der Waals surface area contributed by atoms with Gasteiger partial charge in [0.05, 0.1) is 24.5 Å². The zero-order valence-corrected chi connectivity index (χ0v) is 17.4. The van der Waals surface area contributed by atoms with Crippen LogP contribution in [-0.2, 0) is 23.9 Å². The second-order valence-corrected chi connectivity index (χ2v) is 8.86. The fourth-order valence-corrected chi connectivity index (χ4v) is 5.73. The quantitative estimate of drug-likeness (QED) is 0.427. The molecule has 152 valence electrons. The molecule has 8 nitrogen and oxygen atoms in total. The van der Waals surface area contributed by atoms with Gasteiger partial charge in [0, 0.05) is 24.0 Å². The minimum atomic E-state index is -1.05. The Labute approximate surface area is 167 Å². The van der Waals surface area contributed by atoms with E-state index < -0.39 is 35.6 Å². The minimum Gasteiger partial charge on any atom is -0.466 e. The van der Waals surface area contributed by atoms with Gasteiger partial charge in [0.25, 0.3) is 0 Å². The Morgan fingerprint density at radius 2 is 2.19 bits per heavy atom. The van der Waals surface area contributed by atoms with E-state index in [4.69, 9.17) is 9.47 Å². The Hall–Kier alpha value is -1.19. The number of ether oxygens (including phenoxy) is 2. The van der Waals surface area contributed by atoms with Gasteiger partial charge < -0.3 is 24.8 Å². The largest absolute Gasteiger partial charge is 0.466 e. The Morgan fingerprint density at radius 1 is 1.48 bits per heavy atom. The van der Waals surface area contributed by atoms with Crippen molar-refractivity contribution in [3.05, 3.63) is 0 Å². The van der Waals surface area contributed by atoms with Crippen LogP contribution >= 0.6 is 15.9 Å². The number of alkyl halides is 1. The number of nitrogens with one attached hydrogen (secondary N) is 1. The van der Waals surface area contributed by atoms with Crippen molar-refractivity contribution in [3.63, 3.8) is 0 Å². The maximum absolute atomic E-state index is 13.3.